The van der Waals surface area contributed by atoms with Crippen LogP contribution in [0, 0.1) is 0 Å². The van der Waals surface area contributed by atoms with Crippen LogP contribution < -0.4 is 0 Å². The first kappa shape index (κ1) is 52.9. The molecular formula is C44H79O10P. The van der Waals surface area contributed by atoms with E-state index in [2.05, 4.69) is 54.8 Å². The molecule has 1 unspecified atom stereocenters. The van der Waals surface area contributed by atoms with Crippen LogP contribution in [0.2, 0.25) is 0 Å². The topological polar surface area (TPSA) is 149 Å². The number of aliphatic hydroxyl groups excluding tert-OH is 2. The summed E-state index contributed by atoms with van der Waals surface area (Å²) in [5.74, 6) is -0.988. The zero-order chi connectivity index (χ0) is 40.5. The lowest BCUT2D eigenvalue weighted by atomic mass is 10.0. The number of allylic oxidation sites excluding steroid dienone is 8. The molecule has 0 bridgehead atoms. The number of carbonyl (C=O) groups is 2. The molecule has 10 nitrogen and oxygen atoms in total. The number of phosphoric ester groups is 1. The van der Waals surface area contributed by atoms with Gasteiger partial charge in [-0.3, -0.25) is 18.6 Å². The van der Waals surface area contributed by atoms with Gasteiger partial charge in [0.25, 0.3) is 0 Å². The van der Waals surface area contributed by atoms with Crippen molar-refractivity contribution in [3.8, 4) is 0 Å². The van der Waals surface area contributed by atoms with Gasteiger partial charge >= 0.3 is 19.8 Å². The van der Waals surface area contributed by atoms with Crippen molar-refractivity contribution in [2.45, 2.75) is 193 Å². The van der Waals surface area contributed by atoms with Crippen LogP contribution in [0.4, 0.5) is 0 Å². The van der Waals surface area contributed by atoms with Crippen LogP contribution in [0.1, 0.15) is 181 Å². The third kappa shape index (κ3) is 39.9. The van der Waals surface area contributed by atoms with Gasteiger partial charge in [0.05, 0.1) is 19.8 Å². The van der Waals surface area contributed by atoms with Gasteiger partial charge in [-0.1, -0.05) is 165 Å². The average molecular weight is 799 g/mol. The second-order valence-electron chi connectivity index (χ2n) is 14.4. The first-order chi connectivity index (χ1) is 26.7. The van der Waals surface area contributed by atoms with Crippen LogP contribution in [0.5, 0.6) is 0 Å². The van der Waals surface area contributed by atoms with E-state index in [1.54, 1.807) is 0 Å². The van der Waals surface area contributed by atoms with E-state index >= 15 is 0 Å². The van der Waals surface area contributed by atoms with Gasteiger partial charge in [0.15, 0.2) is 6.10 Å². The molecule has 0 heterocycles. The van der Waals surface area contributed by atoms with E-state index in [9.17, 15) is 24.2 Å². The zero-order valence-electron chi connectivity index (χ0n) is 34.6. The van der Waals surface area contributed by atoms with Gasteiger partial charge in [0.1, 0.15) is 12.7 Å². The van der Waals surface area contributed by atoms with Crippen molar-refractivity contribution in [1.82, 2.24) is 0 Å². The maximum Gasteiger partial charge on any atom is 0.472 e. The van der Waals surface area contributed by atoms with E-state index < -0.39 is 51.8 Å². The Hall–Kier alpha value is -2.07. The number of rotatable bonds is 40. The van der Waals surface area contributed by atoms with Crippen molar-refractivity contribution in [2.75, 3.05) is 26.4 Å². The Bertz CT molecular complexity index is 1060. The highest BCUT2D eigenvalue weighted by Crippen LogP contribution is 2.43. The third-order valence-electron chi connectivity index (χ3n) is 8.99. The lowest BCUT2D eigenvalue weighted by Gasteiger charge is -2.20. The van der Waals surface area contributed by atoms with Gasteiger partial charge in [-0.25, -0.2) is 4.57 Å². The highest BCUT2D eigenvalue weighted by molar-refractivity contribution is 7.47. The smallest absolute Gasteiger partial charge is 0.462 e. The quantitative estimate of drug-likeness (QED) is 0.0237. The van der Waals surface area contributed by atoms with E-state index in [1.165, 1.54) is 89.9 Å². The molecule has 0 aromatic rings. The van der Waals surface area contributed by atoms with Gasteiger partial charge in [-0.15, -0.1) is 0 Å². The van der Waals surface area contributed by atoms with Crippen molar-refractivity contribution >= 4 is 19.8 Å². The fourth-order valence-electron chi connectivity index (χ4n) is 5.63. The lowest BCUT2D eigenvalue weighted by molar-refractivity contribution is -0.161. The molecule has 0 spiro atoms. The Morgan fingerprint density at radius 2 is 0.964 bits per heavy atom. The highest BCUT2D eigenvalue weighted by atomic mass is 31.2. The molecule has 0 fully saturated rings. The minimum Gasteiger partial charge on any atom is -0.462 e. The summed E-state index contributed by atoms with van der Waals surface area (Å²) in [5, 5.41) is 18.3. The number of hydrogen-bond donors (Lipinski definition) is 3. The van der Waals surface area contributed by atoms with Gasteiger partial charge in [-0.05, 0) is 51.4 Å². The normalized spacial score (nSPS) is 14.3. The van der Waals surface area contributed by atoms with Crippen molar-refractivity contribution in [3.63, 3.8) is 0 Å². The molecule has 0 aliphatic carbocycles. The number of hydrogen-bond acceptors (Lipinski definition) is 9. The van der Waals surface area contributed by atoms with Crippen molar-refractivity contribution in [2.24, 2.45) is 0 Å². The van der Waals surface area contributed by atoms with Crippen LogP contribution in [0.15, 0.2) is 48.6 Å². The Morgan fingerprint density at radius 3 is 1.47 bits per heavy atom. The minimum absolute atomic E-state index is 0.109. The molecule has 0 rings (SSSR count). The van der Waals surface area contributed by atoms with Crippen LogP contribution in [0.25, 0.3) is 0 Å². The fourth-order valence-corrected chi connectivity index (χ4v) is 6.42. The minimum atomic E-state index is -4.63. The number of ether oxygens (including phenoxy) is 2. The molecule has 0 saturated heterocycles. The van der Waals surface area contributed by atoms with E-state index in [-0.39, 0.29) is 19.4 Å². The molecule has 0 amide bonds. The zero-order valence-corrected chi connectivity index (χ0v) is 35.5. The maximum absolute atomic E-state index is 12.6. The Kier molecular flexibility index (Phi) is 38.6. The van der Waals surface area contributed by atoms with Crippen LogP contribution in [-0.2, 0) is 32.7 Å². The molecule has 0 saturated carbocycles. The first-order valence-corrected chi connectivity index (χ1v) is 23.1. The summed E-state index contributed by atoms with van der Waals surface area (Å²) < 4.78 is 32.6. The van der Waals surface area contributed by atoms with Crippen molar-refractivity contribution in [3.05, 3.63) is 48.6 Å². The molecule has 11 heteroatoms. The van der Waals surface area contributed by atoms with Crippen LogP contribution in [0.3, 0.4) is 0 Å². The molecule has 0 aliphatic heterocycles. The summed E-state index contributed by atoms with van der Waals surface area (Å²) in [6.45, 7) is 2.29. The average Bonchev–Trinajstić information content (AvgIpc) is 3.17. The molecule has 3 atom stereocenters. The molecule has 320 valence electrons. The standard InChI is InChI=1S/C44H79O10P/c1-3-5-7-9-11-13-15-17-19-20-22-24-26-28-30-32-34-36-44(48)54-42(40-53-55(49,50)52-38-41(46)37-45)39-51-43(47)35-33-31-29-27-25-23-21-18-16-14-12-10-8-6-4-2/h11,13,17,19,22,24,28,30,41-42,45-46H,3-10,12,14-16,18,20-21,23,25-27,29,31-40H2,1-2H3,(H,49,50)/t41-,42+/m0/s1. The van der Waals surface area contributed by atoms with Gasteiger partial charge in [0.2, 0.25) is 0 Å². The summed E-state index contributed by atoms with van der Waals surface area (Å²) in [5.41, 5.74) is 0. The molecule has 0 aliphatic rings. The van der Waals surface area contributed by atoms with E-state index in [4.69, 9.17) is 19.1 Å². The molecular weight excluding hydrogens is 719 g/mol. The second kappa shape index (κ2) is 40.1. The number of esters is 2. The number of unbranched alkanes of at least 4 members (excludes halogenated alkanes) is 18. The summed E-state index contributed by atoms with van der Waals surface area (Å²) in [4.78, 5) is 34.9. The van der Waals surface area contributed by atoms with Crippen LogP contribution in [-0.4, -0.2) is 65.7 Å². The molecule has 55 heavy (non-hydrogen) atoms. The predicted molar refractivity (Wildman–Crippen MR) is 224 cm³/mol. The number of phosphoric acid groups is 1. The largest absolute Gasteiger partial charge is 0.472 e. The Labute approximate surface area is 334 Å². The van der Waals surface area contributed by atoms with E-state index in [1.807, 2.05) is 12.2 Å². The second-order valence-corrected chi connectivity index (χ2v) is 15.8. The van der Waals surface area contributed by atoms with Gasteiger partial charge < -0.3 is 24.6 Å². The maximum atomic E-state index is 12.6. The monoisotopic (exact) mass is 799 g/mol. The third-order valence-corrected chi connectivity index (χ3v) is 9.94. The van der Waals surface area contributed by atoms with E-state index in [0.29, 0.717) is 19.3 Å². The number of aliphatic hydroxyl groups is 2. The first-order valence-electron chi connectivity index (χ1n) is 21.6. The fraction of sp³-hybridized carbons (Fsp3) is 0.773. The molecule has 0 aromatic carbocycles. The molecule has 0 radical (unpaired) electrons. The molecule has 0 aromatic heterocycles. The Morgan fingerprint density at radius 1 is 0.545 bits per heavy atom. The summed E-state index contributed by atoms with van der Waals surface area (Å²) >= 11 is 0. The predicted octanol–water partition coefficient (Wildman–Crippen LogP) is 11.3. The van der Waals surface area contributed by atoms with Gasteiger partial charge in [-0.2, -0.15) is 0 Å². The van der Waals surface area contributed by atoms with Crippen molar-refractivity contribution in [1.29, 1.82) is 0 Å². The lowest BCUT2D eigenvalue weighted by Crippen LogP contribution is -2.29. The molecule has 3 N–H and O–H groups in total. The van der Waals surface area contributed by atoms with E-state index in [0.717, 1.165) is 44.9 Å². The highest BCUT2D eigenvalue weighted by Gasteiger charge is 2.27. The summed E-state index contributed by atoms with van der Waals surface area (Å²) in [6.07, 6.45) is 42.2. The Balaban J connectivity index is 4.39. The van der Waals surface area contributed by atoms with Crippen LogP contribution >= 0.6 is 7.82 Å². The summed E-state index contributed by atoms with van der Waals surface area (Å²) in [7, 11) is -4.63. The SMILES string of the molecule is CCCCCC=CCC=CCC=CCC=CCCCC(=O)O[C@H](COC(=O)CCCCCCCCCCCCCCCCC)COP(=O)(O)OC[C@@H](O)CO. The summed E-state index contributed by atoms with van der Waals surface area (Å²) in [6, 6.07) is 0. The number of carbonyl (C=O) groups excluding carboxylic acids is 2. The van der Waals surface area contributed by atoms with Crippen molar-refractivity contribution < 1.29 is 47.8 Å². The van der Waals surface area contributed by atoms with Gasteiger partial charge in [0, 0.05) is 12.8 Å².